The molecule has 130 valence electrons. The summed E-state index contributed by atoms with van der Waals surface area (Å²) in [6.45, 7) is 5.27. The molecule has 25 heavy (non-hydrogen) atoms. The lowest BCUT2D eigenvalue weighted by atomic mass is 9.82. The minimum atomic E-state index is -0.130. The van der Waals surface area contributed by atoms with Gasteiger partial charge in [0.05, 0.1) is 31.4 Å². The van der Waals surface area contributed by atoms with E-state index in [0.717, 1.165) is 23.4 Å². The molecule has 0 unspecified atom stereocenters. The fourth-order valence-corrected chi connectivity index (χ4v) is 3.81. The molecule has 1 aromatic heterocycles. The second kappa shape index (κ2) is 6.48. The average Bonchev–Trinajstić information content (AvgIpc) is 3.17. The van der Waals surface area contributed by atoms with Gasteiger partial charge in [0.25, 0.3) is 5.91 Å². The minimum absolute atomic E-state index is 0.0962. The van der Waals surface area contributed by atoms with Crippen LogP contribution >= 0.6 is 0 Å². The number of hydrogen-bond donors (Lipinski definition) is 0. The molecule has 3 heterocycles. The second-order valence-corrected chi connectivity index (χ2v) is 7.11. The van der Waals surface area contributed by atoms with Crippen LogP contribution in [0.3, 0.4) is 0 Å². The van der Waals surface area contributed by atoms with Crippen molar-refractivity contribution >= 4 is 5.91 Å². The van der Waals surface area contributed by atoms with E-state index in [1.807, 2.05) is 48.2 Å². The molecule has 5 heteroatoms. The largest absolute Gasteiger partial charge is 0.491 e. The Bertz CT molecular complexity index is 765. The van der Waals surface area contributed by atoms with Gasteiger partial charge in [0.15, 0.2) is 0 Å². The number of aromatic nitrogens is 1. The molecule has 0 saturated carbocycles. The van der Waals surface area contributed by atoms with E-state index in [1.165, 1.54) is 0 Å². The smallest absolute Gasteiger partial charge is 0.253 e. The van der Waals surface area contributed by atoms with Gasteiger partial charge in [-0.2, -0.15) is 0 Å². The van der Waals surface area contributed by atoms with Crippen LogP contribution < -0.4 is 4.74 Å². The van der Waals surface area contributed by atoms with Crippen LogP contribution in [0.1, 0.15) is 15.9 Å². The number of fused-ring (bicyclic) bond motifs is 1. The van der Waals surface area contributed by atoms with Crippen molar-refractivity contribution < 1.29 is 14.3 Å². The van der Waals surface area contributed by atoms with Gasteiger partial charge in [-0.1, -0.05) is 17.7 Å². The Kier molecular flexibility index (Phi) is 4.17. The van der Waals surface area contributed by atoms with Gasteiger partial charge in [-0.15, -0.1) is 0 Å². The summed E-state index contributed by atoms with van der Waals surface area (Å²) in [6.07, 6.45) is 3.44. The molecule has 2 fully saturated rings. The van der Waals surface area contributed by atoms with Crippen LogP contribution in [0.15, 0.2) is 48.8 Å². The van der Waals surface area contributed by atoms with E-state index < -0.39 is 0 Å². The number of benzene rings is 1. The zero-order chi connectivity index (χ0) is 17.3. The Morgan fingerprint density at radius 2 is 2.32 bits per heavy atom. The Morgan fingerprint density at radius 3 is 3.12 bits per heavy atom. The van der Waals surface area contributed by atoms with Gasteiger partial charge in [-0.3, -0.25) is 9.78 Å². The Morgan fingerprint density at radius 1 is 1.40 bits per heavy atom. The highest BCUT2D eigenvalue weighted by atomic mass is 16.5. The number of ether oxygens (including phenoxy) is 2. The van der Waals surface area contributed by atoms with Gasteiger partial charge in [0, 0.05) is 30.8 Å². The topological polar surface area (TPSA) is 51.7 Å². The SMILES string of the molecule is Cc1cccc(C(=O)N2C[C@@H]3COC[C@]3(COc3cccnc3)C2)c1. The fraction of sp³-hybridized carbons (Fsp3) is 0.400. The van der Waals surface area contributed by atoms with Gasteiger partial charge in [-0.25, -0.2) is 0 Å². The standard InChI is InChI=1S/C20H22N2O3/c1-15-4-2-5-16(8-15)19(23)22-10-17-11-24-13-20(17,12-22)14-25-18-6-3-7-21-9-18/h2-9,17H,10-14H2,1H3/t17-,20+/m1/s1. The van der Waals surface area contributed by atoms with Crippen molar-refractivity contribution in [3.05, 3.63) is 59.9 Å². The van der Waals surface area contributed by atoms with Crippen LogP contribution in [-0.4, -0.2) is 48.7 Å². The summed E-state index contributed by atoms with van der Waals surface area (Å²) in [6, 6.07) is 11.5. The monoisotopic (exact) mass is 338 g/mol. The van der Waals surface area contributed by atoms with E-state index in [0.29, 0.717) is 32.3 Å². The summed E-state index contributed by atoms with van der Waals surface area (Å²) >= 11 is 0. The predicted molar refractivity (Wildman–Crippen MR) is 93.6 cm³/mol. The quantitative estimate of drug-likeness (QED) is 0.860. The molecule has 0 N–H and O–H groups in total. The van der Waals surface area contributed by atoms with Crippen LogP contribution in [0, 0.1) is 18.3 Å². The maximum absolute atomic E-state index is 12.9. The number of amides is 1. The second-order valence-electron chi connectivity index (χ2n) is 7.11. The first kappa shape index (κ1) is 16.1. The Labute approximate surface area is 147 Å². The zero-order valence-electron chi connectivity index (χ0n) is 14.4. The third kappa shape index (κ3) is 3.12. The van der Waals surface area contributed by atoms with Crippen molar-refractivity contribution in [2.45, 2.75) is 6.92 Å². The van der Waals surface area contributed by atoms with E-state index in [9.17, 15) is 4.79 Å². The highest BCUT2D eigenvalue weighted by molar-refractivity contribution is 5.94. The summed E-state index contributed by atoms with van der Waals surface area (Å²) in [5.74, 6) is 1.17. The third-order valence-electron chi connectivity index (χ3n) is 5.23. The van der Waals surface area contributed by atoms with Crippen LogP contribution in [-0.2, 0) is 4.74 Å². The van der Waals surface area contributed by atoms with Crippen molar-refractivity contribution in [2.75, 3.05) is 32.9 Å². The van der Waals surface area contributed by atoms with Gasteiger partial charge in [0.2, 0.25) is 0 Å². The summed E-state index contributed by atoms with van der Waals surface area (Å²) in [7, 11) is 0. The molecule has 2 aromatic rings. The summed E-state index contributed by atoms with van der Waals surface area (Å²) < 4.78 is 11.7. The molecule has 0 aliphatic carbocycles. The number of carbonyl (C=O) groups is 1. The number of carbonyl (C=O) groups excluding carboxylic acids is 1. The number of aryl methyl sites for hydroxylation is 1. The lowest BCUT2D eigenvalue weighted by molar-refractivity contribution is 0.0659. The minimum Gasteiger partial charge on any atom is -0.491 e. The lowest BCUT2D eigenvalue weighted by Crippen LogP contribution is -2.38. The van der Waals surface area contributed by atoms with Gasteiger partial charge in [-0.05, 0) is 31.2 Å². The van der Waals surface area contributed by atoms with E-state index in [-0.39, 0.29) is 11.3 Å². The third-order valence-corrected chi connectivity index (χ3v) is 5.23. The highest BCUT2D eigenvalue weighted by Crippen LogP contribution is 2.42. The van der Waals surface area contributed by atoms with Gasteiger partial charge < -0.3 is 14.4 Å². The van der Waals surface area contributed by atoms with Crippen molar-refractivity contribution in [1.29, 1.82) is 0 Å². The van der Waals surface area contributed by atoms with Crippen LogP contribution in [0.5, 0.6) is 5.75 Å². The molecule has 5 nitrogen and oxygen atoms in total. The number of nitrogens with zero attached hydrogens (tertiary/aromatic N) is 2. The first-order valence-corrected chi connectivity index (χ1v) is 8.63. The molecule has 1 amide bonds. The van der Waals surface area contributed by atoms with Crippen molar-refractivity contribution in [1.82, 2.24) is 9.88 Å². The Hall–Kier alpha value is -2.40. The predicted octanol–water partition coefficient (Wildman–Crippen LogP) is 2.56. The number of rotatable bonds is 4. The molecule has 2 saturated heterocycles. The molecule has 2 aliphatic heterocycles. The fourth-order valence-electron chi connectivity index (χ4n) is 3.81. The van der Waals surface area contributed by atoms with E-state index in [2.05, 4.69) is 4.98 Å². The maximum Gasteiger partial charge on any atom is 0.253 e. The van der Waals surface area contributed by atoms with Gasteiger partial charge >= 0.3 is 0 Å². The molecule has 2 atom stereocenters. The highest BCUT2D eigenvalue weighted by Gasteiger charge is 2.52. The first-order chi connectivity index (χ1) is 12.2. The van der Waals surface area contributed by atoms with Crippen LogP contribution in [0.25, 0.3) is 0 Å². The number of pyridine rings is 1. The molecular weight excluding hydrogens is 316 g/mol. The van der Waals surface area contributed by atoms with Gasteiger partial charge in [0.1, 0.15) is 5.75 Å². The van der Waals surface area contributed by atoms with E-state index >= 15 is 0 Å². The molecule has 0 bridgehead atoms. The summed E-state index contributed by atoms with van der Waals surface area (Å²) in [4.78, 5) is 18.9. The molecule has 2 aliphatic rings. The normalized spacial score (nSPS) is 25.0. The van der Waals surface area contributed by atoms with Crippen molar-refractivity contribution in [3.63, 3.8) is 0 Å². The lowest BCUT2D eigenvalue weighted by Gasteiger charge is -2.27. The van der Waals surface area contributed by atoms with E-state index in [4.69, 9.17) is 9.47 Å². The Balaban J connectivity index is 1.48. The van der Waals surface area contributed by atoms with Crippen molar-refractivity contribution in [3.8, 4) is 5.75 Å². The van der Waals surface area contributed by atoms with E-state index in [1.54, 1.807) is 12.4 Å². The average molecular weight is 338 g/mol. The molecular formula is C20H22N2O3. The maximum atomic E-state index is 12.9. The molecule has 0 spiro atoms. The molecule has 4 rings (SSSR count). The first-order valence-electron chi connectivity index (χ1n) is 8.63. The molecule has 1 aromatic carbocycles. The van der Waals surface area contributed by atoms with Crippen LogP contribution in [0.2, 0.25) is 0 Å². The number of likely N-dealkylation sites (tertiary alicyclic amines) is 1. The summed E-state index contributed by atoms with van der Waals surface area (Å²) in [5, 5.41) is 0. The van der Waals surface area contributed by atoms with Crippen molar-refractivity contribution in [2.24, 2.45) is 11.3 Å². The van der Waals surface area contributed by atoms with Crippen LogP contribution in [0.4, 0.5) is 0 Å². The molecule has 0 radical (unpaired) electrons. The zero-order valence-corrected chi connectivity index (χ0v) is 14.4. The number of hydrogen-bond acceptors (Lipinski definition) is 4. The summed E-state index contributed by atoms with van der Waals surface area (Å²) in [5.41, 5.74) is 1.72.